The molecule has 54 valence electrons. The third-order valence-electron chi connectivity index (χ3n) is 1.16. The van der Waals surface area contributed by atoms with E-state index in [1.54, 1.807) is 0 Å². The van der Waals surface area contributed by atoms with Crippen LogP contribution in [0.2, 0.25) is 0 Å². The fourth-order valence-electron chi connectivity index (χ4n) is 0.641. The van der Waals surface area contributed by atoms with Gasteiger partial charge in [0.25, 0.3) is 0 Å². The van der Waals surface area contributed by atoms with Crippen LogP contribution in [-0.4, -0.2) is 9.54 Å². The highest BCUT2D eigenvalue weighted by Gasteiger charge is 1.88. The predicted molar refractivity (Wildman–Crippen MR) is 51.5 cm³/mol. The van der Waals surface area contributed by atoms with Crippen LogP contribution in [0.4, 0.5) is 5.82 Å². The molecule has 0 saturated carbocycles. The number of alkyl halides is 1. The van der Waals surface area contributed by atoms with Gasteiger partial charge in [0.15, 0.2) is 0 Å². The van der Waals surface area contributed by atoms with E-state index in [1.165, 1.54) is 5.56 Å². The van der Waals surface area contributed by atoms with Crippen LogP contribution in [0, 0.1) is 6.92 Å². The molecule has 0 spiro atoms. The fourth-order valence-corrected chi connectivity index (χ4v) is 1.03. The average Bonchev–Trinajstić information content (AvgIpc) is 1.95. The van der Waals surface area contributed by atoms with E-state index >= 15 is 0 Å². The molecule has 0 radical (unpaired) electrons. The Bertz CT molecular complexity index is 195. The zero-order valence-electron chi connectivity index (χ0n) is 5.76. The van der Waals surface area contributed by atoms with E-state index in [4.69, 9.17) is 0 Å². The van der Waals surface area contributed by atoms with Crippen LogP contribution < -0.4 is 5.32 Å². The molecule has 0 fully saturated rings. The predicted octanol–water partition coefficient (Wildman–Crippen LogP) is 2.19. The number of nitrogens with zero attached hydrogens (tertiary/aromatic N) is 1. The van der Waals surface area contributed by atoms with Gasteiger partial charge in [-0.2, -0.15) is 0 Å². The van der Waals surface area contributed by atoms with E-state index < -0.39 is 0 Å². The van der Waals surface area contributed by atoms with Gasteiger partial charge >= 0.3 is 0 Å². The van der Waals surface area contributed by atoms with Crippen molar-refractivity contribution >= 4 is 28.4 Å². The van der Waals surface area contributed by atoms with Gasteiger partial charge in [-0.3, -0.25) is 0 Å². The number of rotatable bonds is 2. The Kier molecular flexibility index (Phi) is 2.92. The van der Waals surface area contributed by atoms with Gasteiger partial charge in [0, 0.05) is 6.20 Å². The highest BCUT2D eigenvalue weighted by atomic mass is 127. The molecule has 0 aromatic carbocycles. The lowest BCUT2D eigenvalue weighted by molar-refractivity contribution is 1.24. The van der Waals surface area contributed by atoms with Crippen molar-refractivity contribution in [1.82, 2.24) is 4.98 Å². The van der Waals surface area contributed by atoms with Crippen LogP contribution in [0.25, 0.3) is 0 Å². The zero-order chi connectivity index (χ0) is 7.40. The Balaban J connectivity index is 2.69. The Morgan fingerprint density at radius 1 is 1.60 bits per heavy atom. The van der Waals surface area contributed by atoms with Gasteiger partial charge in [-0.1, -0.05) is 28.7 Å². The molecule has 1 aromatic heterocycles. The Hall–Kier alpha value is -0.320. The summed E-state index contributed by atoms with van der Waals surface area (Å²) in [4.78, 5) is 4.15. The van der Waals surface area contributed by atoms with Crippen LogP contribution in [0.3, 0.4) is 0 Å². The minimum atomic E-state index is 0.897. The second kappa shape index (κ2) is 3.75. The number of hydrogen-bond acceptors (Lipinski definition) is 2. The largest absolute Gasteiger partial charge is 0.361 e. The molecule has 0 bridgehead atoms. The SMILES string of the molecule is Cc1ccc(NCI)nc1. The maximum atomic E-state index is 4.15. The molecule has 0 aliphatic rings. The van der Waals surface area contributed by atoms with Crippen LogP contribution in [0.15, 0.2) is 18.3 Å². The van der Waals surface area contributed by atoms with Crippen molar-refractivity contribution in [2.75, 3.05) is 9.87 Å². The summed E-state index contributed by atoms with van der Waals surface area (Å²) < 4.78 is 0.897. The minimum Gasteiger partial charge on any atom is -0.361 e. The highest BCUT2D eigenvalue weighted by Crippen LogP contribution is 2.03. The molecule has 0 aliphatic heterocycles. The number of aryl methyl sites for hydroxylation is 1. The van der Waals surface area contributed by atoms with Crippen molar-refractivity contribution < 1.29 is 0 Å². The van der Waals surface area contributed by atoms with Crippen molar-refractivity contribution in [3.8, 4) is 0 Å². The quantitative estimate of drug-likeness (QED) is 0.493. The summed E-state index contributed by atoms with van der Waals surface area (Å²) in [7, 11) is 0. The van der Waals surface area contributed by atoms with Gasteiger partial charge in [0.1, 0.15) is 5.82 Å². The van der Waals surface area contributed by atoms with Crippen molar-refractivity contribution in [3.05, 3.63) is 23.9 Å². The Morgan fingerprint density at radius 2 is 2.40 bits per heavy atom. The van der Waals surface area contributed by atoms with E-state index in [2.05, 4.69) is 32.9 Å². The molecule has 1 aromatic rings. The maximum Gasteiger partial charge on any atom is 0.126 e. The van der Waals surface area contributed by atoms with Gasteiger partial charge < -0.3 is 5.32 Å². The summed E-state index contributed by atoms with van der Waals surface area (Å²) in [6.07, 6.45) is 1.86. The van der Waals surface area contributed by atoms with Crippen LogP contribution in [0.5, 0.6) is 0 Å². The number of pyridine rings is 1. The molecule has 0 amide bonds. The van der Waals surface area contributed by atoms with Gasteiger partial charge in [0.05, 0.1) is 4.55 Å². The van der Waals surface area contributed by atoms with Crippen LogP contribution in [0.1, 0.15) is 5.56 Å². The van der Waals surface area contributed by atoms with Gasteiger partial charge in [-0.05, 0) is 18.6 Å². The summed E-state index contributed by atoms with van der Waals surface area (Å²) in [6.45, 7) is 2.03. The topological polar surface area (TPSA) is 24.9 Å². The van der Waals surface area contributed by atoms with Crippen molar-refractivity contribution in [3.63, 3.8) is 0 Å². The number of aromatic nitrogens is 1. The van der Waals surface area contributed by atoms with Crippen molar-refractivity contribution in [2.24, 2.45) is 0 Å². The van der Waals surface area contributed by atoms with Crippen LogP contribution >= 0.6 is 22.6 Å². The lowest BCUT2D eigenvalue weighted by atomic mass is 10.3. The molecule has 3 heteroatoms. The first-order chi connectivity index (χ1) is 4.83. The molecule has 1 heterocycles. The fraction of sp³-hybridized carbons (Fsp3) is 0.286. The zero-order valence-corrected chi connectivity index (χ0v) is 7.92. The van der Waals surface area contributed by atoms with E-state index in [0.29, 0.717) is 0 Å². The second-order valence-electron chi connectivity index (χ2n) is 2.03. The second-order valence-corrected chi connectivity index (χ2v) is 2.79. The summed E-state index contributed by atoms with van der Waals surface area (Å²) in [5.41, 5.74) is 1.19. The van der Waals surface area contributed by atoms with Gasteiger partial charge in [-0.15, -0.1) is 0 Å². The van der Waals surface area contributed by atoms with Crippen LogP contribution in [-0.2, 0) is 0 Å². The summed E-state index contributed by atoms with van der Waals surface area (Å²) in [6, 6.07) is 4.02. The average molecular weight is 248 g/mol. The van der Waals surface area contributed by atoms with Crippen molar-refractivity contribution in [1.29, 1.82) is 0 Å². The summed E-state index contributed by atoms with van der Waals surface area (Å²) in [5.74, 6) is 0.944. The number of halogens is 1. The van der Waals surface area contributed by atoms with Crippen molar-refractivity contribution in [2.45, 2.75) is 6.92 Å². The Morgan fingerprint density at radius 3 is 2.90 bits per heavy atom. The normalized spacial score (nSPS) is 9.40. The number of hydrogen-bond donors (Lipinski definition) is 1. The molecule has 0 saturated heterocycles. The molecule has 0 unspecified atom stereocenters. The summed E-state index contributed by atoms with van der Waals surface area (Å²) in [5, 5.41) is 3.11. The maximum absolute atomic E-state index is 4.15. The third-order valence-corrected chi connectivity index (χ3v) is 1.54. The number of nitrogens with one attached hydrogen (secondary N) is 1. The first-order valence-electron chi connectivity index (χ1n) is 3.05. The first-order valence-corrected chi connectivity index (χ1v) is 4.58. The summed E-state index contributed by atoms with van der Waals surface area (Å²) >= 11 is 2.25. The molecule has 10 heavy (non-hydrogen) atoms. The molecular formula is C7H9IN2. The lowest BCUT2D eigenvalue weighted by Crippen LogP contribution is -1.95. The first kappa shape index (κ1) is 7.78. The molecule has 0 aliphatic carbocycles. The molecular weight excluding hydrogens is 239 g/mol. The van der Waals surface area contributed by atoms with E-state index in [-0.39, 0.29) is 0 Å². The van der Waals surface area contributed by atoms with Gasteiger partial charge in [-0.25, -0.2) is 4.98 Å². The highest BCUT2D eigenvalue weighted by molar-refractivity contribution is 14.1. The molecule has 2 nitrogen and oxygen atoms in total. The standard InChI is InChI=1S/C7H9IN2/c1-6-2-3-7(9-4-6)10-5-8/h2-4H,5H2,1H3,(H,9,10). The van der Waals surface area contributed by atoms with E-state index in [9.17, 15) is 0 Å². The van der Waals surface area contributed by atoms with Gasteiger partial charge in [0.2, 0.25) is 0 Å². The third kappa shape index (κ3) is 2.13. The number of anilines is 1. The minimum absolute atomic E-state index is 0.897. The Labute approximate surface area is 74.2 Å². The van der Waals surface area contributed by atoms with E-state index in [1.807, 2.05) is 25.3 Å². The van der Waals surface area contributed by atoms with E-state index in [0.717, 1.165) is 10.4 Å². The lowest BCUT2D eigenvalue weighted by Gasteiger charge is -1.99. The monoisotopic (exact) mass is 248 g/mol. The molecule has 1 N–H and O–H groups in total. The smallest absolute Gasteiger partial charge is 0.126 e. The molecule has 1 rings (SSSR count). The molecule has 0 atom stereocenters.